The van der Waals surface area contributed by atoms with Gasteiger partial charge in [-0.05, 0) is 5.92 Å². The number of hydrogen-bond donors (Lipinski definition) is 1. The smallest absolute Gasteiger partial charge is 0.108 e. The topological polar surface area (TPSA) is 28.7 Å². The first-order chi connectivity index (χ1) is 5.11. The Kier molecular flexibility index (Phi) is 2.32. The highest BCUT2D eigenvalue weighted by Gasteiger charge is 2.05. The van der Waals surface area contributed by atoms with Gasteiger partial charge in [-0.25, -0.2) is 4.98 Å². The van der Waals surface area contributed by atoms with Crippen molar-refractivity contribution in [2.24, 2.45) is 0 Å². The molecule has 2 nitrogen and oxygen atoms in total. The Morgan fingerprint density at radius 3 is 2.18 bits per heavy atom. The molecule has 0 radical (unpaired) electrons. The van der Waals surface area contributed by atoms with Crippen LogP contribution in [0.3, 0.4) is 0 Å². The molecule has 0 unspecified atom stereocenters. The van der Waals surface area contributed by atoms with E-state index < -0.39 is 0 Å². The number of H-pyrrole nitrogens is 1. The summed E-state index contributed by atoms with van der Waals surface area (Å²) in [7, 11) is 0. The van der Waals surface area contributed by atoms with Crippen LogP contribution in [0.5, 0.6) is 0 Å². The SMILES string of the molecule is CC(C)c1cnc(C(C)C)[nH]1.[HH]. The molecule has 0 amide bonds. The van der Waals surface area contributed by atoms with Crippen molar-refractivity contribution in [2.45, 2.75) is 39.5 Å². The molecule has 0 aliphatic heterocycles. The fourth-order valence-corrected chi connectivity index (χ4v) is 0.938. The number of imidazole rings is 1. The average Bonchev–Trinajstić information content (AvgIpc) is 2.33. The van der Waals surface area contributed by atoms with Gasteiger partial charge >= 0.3 is 0 Å². The summed E-state index contributed by atoms with van der Waals surface area (Å²) in [6, 6.07) is 0. The van der Waals surface area contributed by atoms with E-state index in [1.54, 1.807) is 0 Å². The first kappa shape index (κ1) is 8.31. The van der Waals surface area contributed by atoms with Crippen molar-refractivity contribution >= 4 is 0 Å². The highest BCUT2D eigenvalue weighted by Crippen LogP contribution is 2.15. The molecule has 1 aromatic heterocycles. The summed E-state index contributed by atoms with van der Waals surface area (Å²) in [5, 5.41) is 0. The number of nitrogens with zero attached hydrogens (tertiary/aromatic N) is 1. The highest BCUT2D eigenvalue weighted by atomic mass is 14.9. The second-order valence-electron chi connectivity index (χ2n) is 3.53. The monoisotopic (exact) mass is 154 g/mol. The van der Waals surface area contributed by atoms with E-state index in [1.165, 1.54) is 5.69 Å². The van der Waals surface area contributed by atoms with Crippen molar-refractivity contribution < 1.29 is 1.43 Å². The zero-order valence-corrected chi connectivity index (χ0v) is 7.68. The Hall–Kier alpha value is -0.790. The van der Waals surface area contributed by atoms with Crippen LogP contribution in [0, 0.1) is 0 Å². The lowest BCUT2D eigenvalue weighted by atomic mass is 10.1. The van der Waals surface area contributed by atoms with Crippen LogP contribution in [0.1, 0.15) is 52.5 Å². The van der Waals surface area contributed by atoms with Crippen LogP contribution in [0.25, 0.3) is 0 Å². The Bertz CT molecular complexity index is 206. The quantitative estimate of drug-likeness (QED) is 0.697. The molecule has 0 atom stereocenters. The molecule has 0 aliphatic carbocycles. The molecule has 0 saturated heterocycles. The molecule has 2 heteroatoms. The standard InChI is InChI=1S/C9H16N2.H2/c1-6(2)8-5-10-9(11-8)7(3)4;/h5-7H,1-4H3,(H,10,11);1H. The lowest BCUT2D eigenvalue weighted by Crippen LogP contribution is -1.91. The molecule has 1 aromatic rings. The average molecular weight is 154 g/mol. The fraction of sp³-hybridized carbons (Fsp3) is 0.667. The van der Waals surface area contributed by atoms with E-state index in [4.69, 9.17) is 0 Å². The summed E-state index contributed by atoms with van der Waals surface area (Å²) >= 11 is 0. The Balaban J connectivity index is 0.00000121. The van der Waals surface area contributed by atoms with Gasteiger partial charge in [0.2, 0.25) is 0 Å². The first-order valence-electron chi connectivity index (χ1n) is 4.16. The van der Waals surface area contributed by atoms with Crippen LogP contribution < -0.4 is 0 Å². The minimum atomic E-state index is 0. The lowest BCUT2D eigenvalue weighted by molar-refractivity contribution is 0.771. The number of nitrogens with one attached hydrogen (secondary N) is 1. The third kappa shape index (κ3) is 1.82. The number of hydrogen-bond acceptors (Lipinski definition) is 1. The van der Waals surface area contributed by atoms with Gasteiger partial charge in [-0.1, -0.05) is 27.7 Å². The van der Waals surface area contributed by atoms with Gasteiger partial charge in [-0.2, -0.15) is 0 Å². The summed E-state index contributed by atoms with van der Waals surface area (Å²) in [5.41, 5.74) is 1.23. The maximum absolute atomic E-state index is 4.28. The maximum atomic E-state index is 4.28. The van der Waals surface area contributed by atoms with Crippen molar-refractivity contribution in [3.8, 4) is 0 Å². The zero-order valence-electron chi connectivity index (χ0n) is 7.68. The van der Waals surface area contributed by atoms with Gasteiger partial charge in [0, 0.05) is 19.2 Å². The Morgan fingerprint density at radius 1 is 1.27 bits per heavy atom. The predicted molar refractivity (Wildman–Crippen MR) is 48.9 cm³/mol. The summed E-state index contributed by atoms with van der Waals surface area (Å²) in [5.74, 6) is 2.14. The molecular formula is C9H18N2. The third-order valence-corrected chi connectivity index (χ3v) is 1.78. The van der Waals surface area contributed by atoms with Gasteiger partial charge in [0.1, 0.15) is 5.82 Å². The van der Waals surface area contributed by atoms with Crippen LogP contribution in [0.15, 0.2) is 6.20 Å². The predicted octanol–water partition coefficient (Wildman–Crippen LogP) is 2.90. The lowest BCUT2D eigenvalue weighted by Gasteiger charge is -2.00. The minimum Gasteiger partial charge on any atom is -0.345 e. The van der Waals surface area contributed by atoms with Crippen molar-refractivity contribution in [1.82, 2.24) is 9.97 Å². The third-order valence-electron chi connectivity index (χ3n) is 1.78. The van der Waals surface area contributed by atoms with Gasteiger partial charge in [0.05, 0.1) is 0 Å². The molecule has 1 N–H and O–H groups in total. The molecule has 0 fully saturated rings. The molecule has 1 heterocycles. The molecule has 11 heavy (non-hydrogen) atoms. The van der Waals surface area contributed by atoms with E-state index in [9.17, 15) is 0 Å². The van der Waals surface area contributed by atoms with E-state index in [0.717, 1.165) is 5.82 Å². The van der Waals surface area contributed by atoms with Crippen molar-refractivity contribution in [2.75, 3.05) is 0 Å². The van der Waals surface area contributed by atoms with E-state index in [-0.39, 0.29) is 1.43 Å². The fourth-order valence-electron chi connectivity index (χ4n) is 0.938. The molecule has 0 aliphatic rings. The van der Waals surface area contributed by atoms with E-state index in [0.29, 0.717) is 11.8 Å². The van der Waals surface area contributed by atoms with Crippen molar-refractivity contribution in [3.63, 3.8) is 0 Å². The molecule has 0 saturated carbocycles. The van der Waals surface area contributed by atoms with Crippen LogP contribution in [-0.2, 0) is 0 Å². The second kappa shape index (κ2) is 3.07. The molecule has 0 aromatic carbocycles. The normalized spacial score (nSPS) is 11.5. The molecular weight excluding hydrogens is 136 g/mol. The second-order valence-corrected chi connectivity index (χ2v) is 3.53. The Morgan fingerprint density at radius 2 is 1.91 bits per heavy atom. The minimum absolute atomic E-state index is 0. The van der Waals surface area contributed by atoms with E-state index in [2.05, 4.69) is 37.7 Å². The largest absolute Gasteiger partial charge is 0.345 e. The molecule has 0 bridgehead atoms. The summed E-state index contributed by atoms with van der Waals surface area (Å²) in [6.45, 7) is 8.61. The highest BCUT2D eigenvalue weighted by molar-refractivity contribution is 5.07. The summed E-state index contributed by atoms with van der Waals surface area (Å²) < 4.78 is 0. The number of rotatable bonds is 2. The van der Waals surface area contributed by atoms with Crippen LogP contribution in [-0.4, -0.2) is 9.97 Å². The van der Waals surface area contributed by atoms with Gasteiger partial charge in [-0.3, -0.25) is 0 Å². The Labute approximate surface area is 69.5 Å². The van der Waals surface area contributed by atoms with Gasteiger partial charge in [0.15, 0.2) is 0 Å². The van der Waals surface area contributed by atoms with Crippen LogP contribution in [0.2, 0.25) is 0 Å². The van der Waals surface area contributed by atoms with Gasteiger partial charge < -0.3 is 4.98 Å². The van der Waals surface area contributed by atoms with Crippen molar-refractivity contribution in [1.29, 1.82) is 0 Å². The maximum Gasteiger partial charge on any atom is 0.108 e. The number of aromatic amines is 1. The van der Waals surface area contributed by atoms with Gasteiger partial charge in [0.25, 0.3) is 0 Å². The van der Waals surface area contributed by atoms with Crippen LogP contribution >= 0.6 is 0 Å². The first-order valence-corrected chi connectivity index (χ1v) is 4.16. The zero-order chi connectivity index (χ0) is 8.43. The summed E-state index contributed by atoms with van der Waals surface area (Å²) in [4.78, 5) is 7.58. The number of aromatic nitrogens is 2. The van der Waals surface area contributed by atoms with E-state index >= 15 is 0 Å². The molecule has 64 valence electrons. The van der Waals surface area contributed by atoms with E-state index in [1.807, 2.05) is 6.20 Å². The summed E-state index contributed by atoms with van der Waals surface area (Å²) in [6.07, 6.45) is 1.93. The van der Waals surface area contributed by atoms with Gasteiger partial charge in [-0.15, -0.1) is 0 Å². The molecule has 0 spiro atoms. The van der Waals surface area contributed by atoms with Crippen molar-refractivity contribution in [3.05, 3.63) is 17.7 Å². The molecule has 1 rings (SSSR count). The van der Waals surface area contributed by atoms with Crippen LogP contribution in [0.4, 0.5) is 0 Å².